The molecule has 1 aromatic rings. The van der Waals surface area contributed by atoms with E-state index in [2.05, 4.69) is 5.32 Å². The Hall–Kier alpha value is -2.22. The van der Waals surface area contributed by atoms with Crippen molar-refractivity contribution in [3.05, 3.63) is 30.3 Å². The van der Waals surface area contributed by atoms with Crippen LogP contribution in [0.1, 0.15) is 15.2 Å². The molecule has 0 aromatic heterocycles. The lowest BCUT2D eigenvalue weighted by Crippen LogP contribution is -2.70. The number of hydrogen-bond donors (Lipinski definition) is 2. The number of rotatable bonds is 5. The van der Waals surface area contributed by atoms with Crippen molar-refractivity contribution in [3.63, 3.8) is 0 Å². The number of ether oxygens (including phenoxy) is 1. The van der Waals surface area contributed by atoms with Crippen LogP contribution in [0.2, 0.25) is 0 Å². The molecule has 2 heterocycles. The van der Waals surface area contributed by atoms with E-state index in [0.717, 1.165) is 0 Å². The molecule has 7 nitrogen and oxygen atoms in total. The largest absolute Gasteiger partial charge is 0.484 e. The van der Waals surface area contributed by atoms with Gasteiger partial charge in [0.2, 0.25) is 5.91 Å². The van der Waals surface area contributed by atoms with Crippen molar-refractivity contribution in [2.24, 2.45) is 0 Å². The minimum absolute atomic E-state index is 0.260. The zero-order valence-electron chi connectivity index (χ0n) is 14.2. The van der Waals surface area contributed by atoms with Crippen molar-refractivity contribution in [2.45, 2.75) is 36.1 Å². The molecule has 0 aliphatic carbocycles. The van der Waals surface area contributed by atoms with Gasteiger partial charge in [-0.25, -0.2) is 4.79 Å². The van der Waals surface area contributed by atoms with Crippen LogP contribution >= 0.6 is 11.8 Å². The van der Waals surface area contributed by atoms with E-state index >= 15 is 0 Å². The highest BCUT2D eigenvalue weighted by Crippen LogP contribution is 2.50. The number of benzene rings is 1. The maximum Gasteiger partial charge on any atom is 0.327 e. The number of fused-ring (bicyclic) bond motifs is 1. The fourth-order valence-corrected chi connectivity index (χ4v) is 4.60. The number of β-lactam (4-membered cyclic amide) rings is 1. The Kier molecular flexibility index (Phi) is 3.84. The molecule has 0 spiro atoms. The smallest absolute Gasteiger partial charge is 0.327 e. The van der Waals surface area contributed by atoms with E-state index in [4.69, 9.17) is 6.11 Å². The highest BCUT2D eigenvalue weighted by Gasteiger charge is 2.64. The van der Waals surface area contributed by atoms with Gasteiger partial charge in [0, 0.05) is 4.75 Å². The standard InChI is InChI=1S/C16H18N2O5S/c1-16(2)12(15(21)22)18-13(20)11(14(18)24-16)17-10(19)8-23-9-6-4-3-5-7-9/h3-7,11-12,14H,8H2,1-2H3,(H,17,19)(H,21,22)/t11-,12+,14-/m1/s1/i3D. The Morgan fingerprint density at radius 2 is 2.12 bits per heavy atom. The average Bonchev–Trinajstić information content (AvgIpc) is 2.80. The molecule has 2 N–H and O–H groups in total. The van der Waals surface area contributed by atoms with E-state index < -0.39 is 28.7 Å². The molecule has 0 unspecified atom stereocenters. The monoisotopic (exact) mass is 351 g/mol. The minimum Gasteiger partial charge on any atom is -0.484 e. The zero-order valence-corrected chi connectivity index (χ0v) is 14.0. The lowest BCUT2D eigenvalue weighted by Gasteiger charge is -2.43. The minimum atomic E-state index is -1.04. The van der Waals surface area contributed by atoms with Gasteiger partial charge in [-0.05, 0) is 26.0 Å². The molecule has 24 heavy (non-hydrogen) atoms. The molecule has 2 saturated heterocycles. The van der Waals surface area contributed by atoms with Crippen LogP contribution in [-0.2, 0) is 14.4 Å². The van der Waals surface area contributed by atoms with Crippen molar-refractivity contribution in [1.82, 2.24) is 10.2 Å². The quantitative estimate of drug-likeness (QED) is 0.758. The van der Waals surface area contributed by atoms with E-state index in [9.17, 15) is 19.5 Å². The van der Waals surface area contributed by atoms with Crippen LogP contribution in [0.5, 0.6) is 5.75 Å². The van der Waals surface area contributed by atoms with E-state index in [1.54, 1.807) is 38.1 Å². The third-order valence-electron chi connectivity index (χ3n) is 4.05. The van der Waals surface area contributed by atoms with Crippen LogP contribution in [-0.4, -0.2) is 56.6 Å². The molecular weight excluding hydrogens is 332 g/mol. The normalized spacial score (nSPS) is 27.8. The predicted molar refractivity (Wildman–Crippen MR) is 87.6 cm³/mol. The topological polar surface area (TPSA) is 95.9 Å². The van der Waals surface area contributed by atoms with Gasteiger partial charge in [0.15, 0.2) is 6.61 Å². The van der Waals surface area contributed by atoms with E-state index in [-0.39, 0.29) is 17.9 Å². The summed E-state index contributed by atoms with van der Waals surface area (Å²) in [7, 11) is 0. The number of nitrogens with zero attached hydrogens (tertiary/aromatic N) is 1. The molecular formula is C16H18N2O5S. The van der Waals surface area contributed by atoms with Crippen molar-refractivity contribution < 1.29 is 25.6 Å². The summed E-state index contributed by atoms with van der Waals surface area (Å²) in [6.45, 7) is 3.30. The van der Waals surface area contributed by atoms with E-state index in [1.165, 1.54) is 16.7 Å². The van der Waals surface area contributed by atoms with Crippen LogP contribution in [0.4, 0.5) is 0 Å². The number of carbonyl (C=O) groups excluding carboxylic acids is 2. The summed E-state index contributed by atoms with van der Waals surface area (Å²) in [4.78, 5) is 37.1. The molecule has 8 heteroatoms. The molecule has 0 saturated carbocycles. The molecule has 2 amide bonds. The third kappa shape index (κ3) is 2.82. The van der Waals surface area contributed by atoms with Gasteiger partial charge in [0.25, 0.3) is 5.91 Å². The summed E-state index contributed by atoms with van der Waals surface area (Å²) in [5.41, 5.74) is 0. The number of carbonyl (C=O) groups is 3. The molecule has 2 aliphatic rings. The summed E-state index contributed by atoms with van der Waals surface area (Å²) in [6, 6.07) is 4.96. The Bertz CT molecular complexity index is 724. The van der Waals surface area contributed by atoms with Gasteiger partial charge >= 0.3 is 5.97 Å². The summed E-state index contributed by atoms with van der Waals surface area (Å²) >= 11 is 1.37. The number of thioether (sulfide) groups is 1. The first-order chi connectivity index (χ1) is 11.7. The first-order valence-corrected chi connectivity index (χ1v) is 8.30. The van der Waals surface area contributed by atoms with Gasteiger partial charge in [0.05, 0.1) is 1.37 Å². The Morgan fingerprint density at radius 3 is 2.75 bits per heavy atom. The number of para-hydroxylation sites is 1. The summed E-state index contributed by atoms with van der Waals surface area (Å²) < 4.78 is 12.1. The fourth-order valence-electron chi connectivity index (χ4n) is 2.98. The van der Waals surface area contributed by atoms with Gasteiger partial charge in [-0.3, -0.25) is 9.59 Å². The van der Waals surface area contributed by atoms with Crippen LogP contribution in [0, 0.1) is 0 Å². The lowest BCUT2D eigenvalue weighted by molar-refractivity contribution is -0.161. The number of amides is 2. The molecule has 0 bridgehead atoms. The van der Waals surface area contributed by atoms with Crippen LogP contribution in [0.15, 0.2) is 30.3 Å². The first-order valence-electron chi connectivity index (χ1n) is 7.92. The second kappa shape index (κ2) is 6.01. The number of aliphatic carboxylic acids is 1. The second-order valence-electron chi connectivity index (χ2n) is 6.17. The van der Waals surface area contributed by atoms with Gasteiger partial charge < -0.3 is 20.1 Å². The summed E-state index contributed by atoms with van der Waals surface area (Å²) in [6.07, 6.45) is 0. The van der Waals surface area contributed by atoms with Gasteiger partial charge in [-0.15, -0.1) is 11.8 Å². The maximum atomic E-state index is 12.3. The van der Waals surface area contributed by atoms with Crippen molar-refractivity contribution in [3.8, 4) is 5.75 Å². The summed E-state index contributed by atoms with van der Waals surface area (Å²) in [5.74, 6) is -1.43. The Labute approximate surface area is 144 Å². The second-order valence-corrected chi connectivity index (χ2v) is 7.94. The van der Waals surface area contributed by atoms with Crippen molar-refractivity contribution in [1.29, 1.82) is 0 Å². The SMILES string of the molecule is [2H]c1ccc(OCC(=O)N[C@@H]2C(=O)N3[C@@H]2SC(C)(C)[C@@H]3C(=O)O)cc1. The molecule has 1 aromatic carbocycles. The van der Waals surface area contributed by atoms with E-state index in [0.29, 0.717) is 11.8 Å². The van der Waals surface area contributed by atoms with Gasteiger partial charge in [0.1, 0.15) is 23.2 Å². The molecule has 2 aliphatic heterocycles. The number of carboxylic acids is 1. The van der Waals surface area contributed by atoms with Crippen molar-refractivity contribution >= 4 is 29.5 Å². The lowest BCUT2D eigenvalue weighted by atomic mass is 9.96. The highest BCUT2D eigenvalue weighted by atomic mass is 32.2. The molecule has 3 rings (SSSR count). The molecule has 0 radical (unpaired) electrons. The number of carboxylic acid groups (broad SMARTS) is 1. The third-order valence-corrected chi connectivity index (χ3v) is 5.62. The van der Waals surface area contributed by atoms with Crippen molar-refractivity contribution in [2.75, 3.05) is 6.61 Å². The van der Waals surface area contributed by atoms with Crippen LogP contribution < -0.4 is 10.1 Å². The number of hydrogen-bond acceptors (Lipinski definition) is 5. The van der Waals surface area contributed by atoms with Crippen LogP contribution in [0.3, 0.4) is 0 Å². The molecule has 128 valence electrons. The van der Waals surface area contributed by atoms with Crippen LogP contribution in [0.25, 0.3) is 0 Å². The number of nitrogens with one attached hydrogen (secondary N) is 1. The molecule has 3 atom stereocenters. The summed E-state index contributed by atoms with van der Waals surface area (Å²) in [5, 5.41) is 11.6. The zero-order chi connectivity index (χ0) is 18.4. The molecule has 2 fully saturated rings. The van der Waals surface area contributed by atoms with Gasteiger partial charge in [-0.1, -0.05) is 18.2 Å². The van der Waals surface area contributed by atoms with Gasteiger partial charge in [-0.2, -0.15) is 0 Å². The Balaban J connectivity index is 1.57. The average molecular weight is 351 g/mol. The fraction of sp³-hybridized carbons (Fsp3) is 0.438. The Morgan fingerprint density at radius 1 is 1.46 bits per heavy atom. The maximum absolute atomic E-state index is 12.3. The highest BCUT2D eigenvalue weighted by molar-refractivity contribution is 8.01. The predicted octanol–water partition coefficient (Wildman–Crippen LogP) is 0.697. The van der Waals surface area contributed by atoms with E-state index in [1.807, 2.05) is 0 Å². The first kappa shape index (κ1) is 15.3.